The van der Waals surface area contributed by atoms with Crippen molar-refractivity contribution in [3.63, 3.8) is 0 Å². The number of nitriles is 2. The van der Waals surface area contributed by atoms with Gasteiger partial charge < -0.3 is 10.6 Å². The van der Waals surface area contributed by atoms with Gasteiger partial charge in [-0.3, -0.25) is 0 Å². The molecule has 0 aliphatic carbocycles. The monoisotopic (exact) mass is 368 g/mol. The molecule has 0 amide bonds. The molecule has 1 aromatic heterocycles. The number of nitrogens with zero attached hydrogens (tertiary/aromatic N) is 4. The molecule has 28 heavy (non-hydrogen) atoms. The van der Waals surface area contributed by atoms with E-state index in [1.54, 1.807) is 0 Å². The second kappa shape index (κ2) is 8.66. The van der Waals surface area contributed by atoms with E-state index >= 15 is 0 Å². The molecule has 0 saturated carbocycles. The Kier molecular flexibility index (Phi) is 5.84. The fraction of sp³-hybridized carbons (Fsp3) is 0.182. The molecule has 0 aliphatic rings. The number of anilines is 2. The highest BCUT2D eigenvalue weighted by Crippen LogP contribution is 2.21. The molecule has 0 spiro atoms. The summed E-state index contributed by atoms with van der Waals surface area (Å²) < 4.78 is 0. The number of nitrogens with one attached hydrogen (secondary N) is 2. The van der Waals surface area contributed by atoms with E-state index in [0.29, 0.717) is 24.7 Å². The zero-order chi connectivity index (χ0) is 19.9. The third-order valence-electron chi connectivity index (χ3n) is 4.19. The van der Waals surface area contributed by atoms with Gasteiger partial charge in [0.15, 0.2) is 23.0 Å². The summed E-state index contributed by atoms with van der Waals surface area (Å²) in [4.78, 5) is 8.62. The standard InChI is InChI=1S/C22H20N6/c1-15-5-3-7-17(9-15)13-25-21-22(28-20(12-24)19(11-23)27-21)26-14-18-8-4-6-16(2)10-18/h3-10H,13-14H2,1-2H3,(H,25,27)(H,26,28). The lowest BCUT2D eigenvalue weighted by Crippen LogP contribution is -2.11. The van der Waals surface area contributed by atoms with E-state index in [9.17, 15) is 10.5 Å². The fourth-order valence-corrected chi connectivity index (χ4v) is 2.85. The minimum atomic E-state index is 0.00958. The van der Waals surface area contributed by atoms with Crippen LogP contribution in [0.1, 0.15) is 33.6 Å². The molecule has 3 aromatic rings. The summed E-state index contributed by atoms with van der Waals surface area (Å²) in [7, 11) is 0. The molecule has 0 atom stereocenters. The molecule has 0 bridgehead atoms. The Hall–Kier alpha value is -3.90. The van der Waals surface area contributed by atoms with Crippen molar-refractivity contribution in [2.24, 2.45) is 0 Å². The largest absolute Gasteiger partial charge is 0.363 e. The zero-order valence-electron chi connectivity index (χ0n) is 15.8. The highest BCUT2D eigenvalue weighted by molar-refractivity contribution is 5.62. The number of hydrogen-bond donors (Lipinski definition) is 2. The van der Waals surface area contributed by atoms with Crippen LogP contribution in [0, 0.1) is 36.5 Å². The van der Waals surface area contributed by atoms with Gasteiger partial charge in [-0.25, -0.2) is 9.97 Å². The molecule has 0 aliphatic heterocycles. The van der Waals surface area contributed by atoms with Crippen molar-refractivity contribution < 1.29 is 0 Å². The minimum Gasteiger partial charge on any atom is -0.363 e. The van der Waals surface area contributed by atoms with E-state index in [0.717, 1.165) is 11.1 Å². The first-order valence-corrected chi connectivity index (χ1v) is 8.90. The molecule has 0 radical (unpaired) electrons. The van der Waals surface area contributed by atoms with Crippen LogP contribution in [0.5, 0.6) is 0 Å². The van der Waals surface area contributed by atoms with Crippen molar-refractivity contribution >= 4 is 11.6 Å². The van der Waals surface area contributed by atoms with Gasteiger partial charge in [-0.2, -0.15) is 10.5 Å². The van der Waals surface area contributed by atoms with Gasteiger partial charge in [-0.1, -0.05) is 59.7 Å². The van der Waals surface area contributed by atoms with Crippen molar-refractivity contribution in [1.29, 1.82) is 10.5 Å². The van der Waals surface area contributed by atoms with Crippen LogP contribution in [0.25, 0.3) is 0 Å². The lowest BCUT2D eigenvalue weighted by atomic mass is 10.1. The maximum Gasteiger partial charge on any atom is 0.179 e. The zero-order valence-corrected chi connectivity index (χ0v) is 15.8. The topological polar surface area (TPSA) is 97.4 Å². The van der Waals surface area contributed by atoms with Gasteiger partial charge in [0, 0.05) is 13.1 Å². The molecule has 6 heteroatoms. The van der Waals surface area contributed by atoms with Crippen LogP contribution in [-0.2, 0) is 13.1 Å². The summed E-state index contributed by atoms with van der Waals surface area (Å²) in [6.07, 6.45) is 0. The van der Waals surface area contributed by atoms with Gasteiger partial charge in [-0.15, -0.1) is 0 Å². The van der Waals surface area contributed by atoms with E-state index in [1.165, 1.54) is 11.1 Å². The van der Waals surface area contributed by atoms with Crippen molar-refractivity contribution in [3.8, 4) is 12.1 Å². The SMILES string of the molecule is Cc1cccc(CNc2nc(C#N)c(C#N)nc2NCc2cccc(C)c2)c1. The van der Waals surface area contributed by atoms with E-state index in [1.807, 2.05) is 62.4 Å². The number of aryl methyl sites for hydroxylation is 2. The quantitative estimate of drug-likeness (QED) is 0.681. The lowest BCUT2D eigenvalue weighted by Gasteiger charge is -2.13. The maximum atomic E-state index is 9.27. The van der Waals surface area contributed by atoms with Crippen LogP contribution < -0.4 is 10.6 Å². The first-order valence-electron chi connectivity index (χ1n) is 8.90. The van der Waals surface area contributed by atoms with Gasteiger partial charge in [0.25, 0.3) is 0 Å². The lowest BCUT2D eigenvalue weighted by molar-refractivity contribution is 1.03. The summed E-state index contributed by atoms with van der Waals surface area (Å²) in [6, 6.07) is 20.1. The number of hydrogen-bond acceptors (Lipinski definition) is 6. The predicted molar refractivity (Wildman–Crippen MR) is 108 cm³/mol. The molecule has 2 N–H and O–H groups in total. The van der Waals surface area contributed by atoms with Crippen molar-refractivity contribution in [2.45, 2.75) is 26.9 Å². The van der Waals surface area contributed by atoms with Gasteiger partial charge in [0.2, 0.25) is 0 Å². The third-order valence-corrected chi connectivity index (χ3v) is 4.19. The Morgan fingerprint density at radius 2 is 1.18 bits per heavy atom. The van der Waals surface area contributed by atoms with Crippen LogP contribution in [0.4, 0.5) is 11.6 Å². The highest BCUT2D eigenvalue weighted by atomic mass is 15.1. The van der Waals surface area contributed by atoms with E-state index in [-0.39, 0.29) is 11.4 Å². The highest BCUT2D eigenvalue weighted by Gasteiger charge is 2.13. The average molecular weight is 368 g/mol. The molecule has 138 valence electrons. The maximum absolute atomic E-state index is 9.27. The normalized spacial score (nSPS) is 10.0. The Morgan fingerprint density at radius 1 is 0.750 bits per heavy atom. The fourth-order valence-electron chi connectivity index (χ4n) is 2.85. The summed E-state index contributed by atoms with van der Waals surface area (Å²) in [6.45, 7) is 5.14. The molecular formula is C22H20N6. The molecule has 1 heterocycles. The van der Waals surface area contributed by atoms with Crippen LogP contribution >= 0.6 is 0 Å². The van der Waals surface area contributed by atoms with E-state index < -0.39 is 0 Å². The Morgan fingerprint density at radius 3 is 1.54 bits per heavy atom. The van der Waals surface area contributed by atoms with Crippen molar-refractivity contribution in [3.05, 3.63) is 82.2 Å². The van der Waals surface area contributed by atoms with Gasteiger partial charge >= 0.3 is 0 Å². The Balaban J connectivity index is 1.86. The summed E-state index contributed by atoms with van der Waals surface area (Å²) in [5.41, 5.74) is 4.54. The van der Waals surface area contributed by atoms with Crippen molar-refractivity contribution in [1.82, 2.24) is 9.97 Å². The second-order valence-electron chi connectivity index (χ2n) is 6.53. The van der Waals surface area contributed by atoms with Crippen LogP contribution in [0.2, 0.25) is 0 Å². The molecule has 2 aromatic carbocycles. The molecule has 0 unspecified atom stereocenters. The molecule has 0 fully saturated rings. The van der Waals surface area contributed by atoms with Crippen LogP contribution in [0.3, 0.4) is 0 Å². The summed E-state index contributed by atoms with van der Waals surface area (Å²) >= 11 is 0. The number of rotatable bonds is 6. The van der Waals surface area contributed by atoms with E-state index in [4.69, 9.17) is 0 Å². The summed E-state index contributed by atoms with van der Waals surface area (Å²) in [5, 5.41) is 25.0. The number of aromatic nitrogens is 2. The van der Waals surface area contributed by atoms with Gasteiger partial charge in [0.05, 0.1) is 0 Å². The first-order chi connectivity index (χ1) is 13.6. The summed E-state index contributed by atoms with van der Waals surface area (Å²) in [5.74, 6) is 0.898. The Labute approximate surface area is 164 Å². The minimum absolute atomic E-state index is 0.00958. The van der Waals surface area contributed by atoms with Crippen molar-refractivity contribution in [2.75, 3.05) is 10.6 Å². The second-order valence-corrected chi connectivity index (χ2v) is 6.53. The smallest absolute Gasteiger partial charge is 0.179 e. The third kappa shape index (κ3) is 4.63. The molecular weight excluding hydrogens is 348 g/mol. The predicted octanol–water partition coefficient (Wildman–Crippen LogP) is 4.06. The number of benzene rings is 2. The Bertz CT molecular complexity index is 989. The average Bonchev–Trinajstić information content (AvgIpc) is 2.70. The van der Waals surface area contributed by atoms with Gasteiger partial charge in [-0.05, 0) is 25.0 Å². The van der Waals surface area contributed by atoms with E-state index in [2.05, 4.69) is 32.7 Å². The van der Waals surface area contributed by atoms with Gasteiger partial charge in [0.1, 0.15) is 12.1 Å². The molecule has 3 rings (SSSR count). The van der Waals surface area contributed by atoms with Crippen LogP contribution in [-0.4, -0.2) is 9.97 Å². The first kappa shape index (κ1) is 18.9. The van der Waals surface area contributed by atoms with Crippen LogP contribution in [0.15, 0.2) is 48.5 Å². The molecule has 0 saturated heterocycles. The molecule has 6 nitrogen and oxygen atoms in total.